The van der Waals surface area contributed by atoms with Crippen LogP contribution in [-0.2, 0) is 9.59 Å². The molecule has 0 radical (unpaired) electrons. The molecule has 190 valence electrons. The van der Waals surface area contributed by atoms with Crippen LogP contribution in [0.4, 0.5) is 0 Å². The molecule has 0 aliphatic rings. The van der Waals surface area contributed by atoms with Crippen LogP contribution < -0.4 is 69.3 Å². The van der Waals surface area contributed by atoms with Gasteiger partial charge >= 0.3 is 59.1 Å². The first-order chi connectivity index (χ1) is 15.5. The fourth-order valence-corrected chi connectivity index (χ4v) is 4.76. The number of unbranched alkanes of at least 4 members (excludes halogenated alkanes) is 18. The number of carbonyl (C=O) groups excluding carboxylic acids is 2. The quantitative estimate of drug-likeness (QED) is 0.136. The first-order valence-electron chi connectivity index (χ1n) is 13.9. The molecule has 0 atom stereocenters. The molecular weight excluding hydrogens is 446 g/mol. The smallest absolute Gasteiger partial charge is 0.550 e. The largest absolute Gasteiger partial charge is 1.00 e. The fourth-order valence-electron chi connectivity index (χ4n) is 4.76. The van der Waals surface area contributed by atoms with Gasteiger partial charge in [0.2, 0.25) is 0 Å². The molecule has 0 rings (SSSR count). The molecule has 0 aromatic carbocycles. The van der Waals surface area contributed by atoms with Crippen molar-refractivity contribution in [2.75, 3.05) is 0 Å². The maximum atomic E-state index is 11.9. The molecule has 0 saturated carbocycles. The van der Waals surface area contributed by atoms with Crippen molar-refractivity contribution in [1.29, 1.82) is 0 Å². The van der Waals surface area contributed by atoms with Gasteiger partial charge in [-0.15, -0.1) is 0 Å². The van der Waals surface area contributed by atoms with Crippen LogP contribution in [0.2, 0.25) is 0 Å². The maximum absolute atomic E-state index is 11.9. The van der Waals surface area contributed by atoms with Crippen LogP contribution in [0, 0.1) is 5.41 Å². The van der Waals surface area contributed by atoms with E-state index < -0.39 is 23.8 Å². The van der Waals surface area contributed by atoms with E-state index in [1.807, 2.05) is 0 Å². The van der Waals surface area contributed by atoms with Gasteiger partial charge in [0.1, 0.15) is 0 Å². The van der Waals surface area contributed by atoms with Gasteiger partial charge in [0.25, 0.3) is 0 Å². The third-order valence-corrected chi connectivity index (χ3v) is 6.93. The van der Waals surface area contributed by atoms with Crippen molar-refractivity contribution < 1.29 is 78.9 Å². The van der Waals surface area contributed by atoms with Crippen molar-refractivity contribution in [3.8, 4) is 0 Å². The first kappa shape index (κ1) is 39.5. The summed E-state index contributed by atoms with van der Waals surface area (Å²) >= 11 is 0. The van der Waals surface area contributed by atoms with Crippen molar-refractivity contribution in [3.05, 3.63) is 0 Å². The van der Waals surface area contributed by atoms with Gasteiger partial charge in [-0.3, -0.25) is 0 Å². The predicted molar refractivity (Wildman–Crippen MR) is 130 cm³/mol. The Kier molecular flexibility index (Phi) is 33.1. The second kappa shape index (κ2) is 28.5. The summed E-state index contributed by atoms with van der Waals surface area (Å²) in [7, 11) is 0. The molecule has 0 spiro atoms. The van der Waals surface area contributed by atoms with Crippen molar-refractivity contribution in [3.63, 3.8) is 0 Å². The van der Waals surface area contributed by atoms with E-state index in [1.165, 1.54) is 89.9 Å². The van der Waals surface area contributed by atoms with Crippen LogP contribution in [0.5, 0.6) is 0 Å². The summed E-state index contributed by atoms with van der Waals surface area (Å²) in [5.74, 6) is -2.47. The molecule has 0 aromatic rings. The maximum Gasteiger partial charge on any atom is 1.00 e. The molecule has 34 heavy (non-hydrogen) atoms. The molecule has 0 amide bonds. The van der Waals surface area contributed by atoms with Crippen molar-refractivity contribution in [2.45, 2.75) is 162 Å². The van der Waals surface area contributed by atoms with E-state index >= 15 is 0 Å². The Labute approximate surface area is 255 Å². The molecule has 0 fully saturated rings. The van der Waals surface area contributed by atoms with E-state index in [-0.39, 0.29) is 59.1 Å². The van der Waals surface area contributed by atoms with Gasteiger partial charge < -0.3 is 19.8 Å². The molecule has 4 nitrogen and oxygen atoms in total. The molecule has 0 N–H and O–H groups in total. The zero-order chi connectivity index (χ0) is 23.9. The van der Waals surface area contributed by atoms with Gasteiger partial charge in [0.05, 0.1) is 0 Å². The Morgan fingerprint density at radius 3 is 1.00 bits per heavy atom. The second-order valence-electron chi connectivity index (χ2n) is 9.98. The zero-order valence-electron chi connectivity index (χ0n) is 23.4. The van der Waals surface area contributed by atoms with E-state index in [0.29, 0.717) is 12.8 Å². The van der Waals surface area contributed by atoms with Crippen LogP contribution >= 0.6 is 0 Å². The Bertz CT molecular complexity index is 434. The summed E-state index contributed by atoms with van der Waals surface area (Å²) in [6.45, 7) is 4.45. The molecular formula is C28H52Na2O4. The normalized spacial score (nSPS) is 11.0. The van der Waals surface area contributed by atoms with Gasteiger partial charge in [-0.25, -0.2) is 0 Å². The number of carbonyl (C=O) groups is 2. The summed E-state index contributed by atoms with van der Waals surface area (Å²) in [5, 5.41) is 23.2. The van der Waals surface area contributed by atoms with Crippen LogP contribution in [0.1, 0.15) is 162 Å². The van der Waals surface area contributed by atoms with E-state index in [9.17, 15) is 19.8 Å². The topological polar surface area (TPSA) is 80.3 Å². The summed E-state index contributed by atoms with van der Waals surface area (Å²) in [5.41, 5.74) is -1.25. The van der Waals surface area contributed by atoms with E-state index in [1.54, 1.807) is 0 Å². The molecule has 0 aliphatic carbocycles. The minimum Gasteiger partial charge on any atom is -0.550 e. The Balaban J connectivity index is -0.00000480. The first-order valence-corrected chi connectivity index (χ1v) is 13.9. The van der Waals surface area contributed by atoms with E-state index in [4.69, 9.17) is 0 Å². The third-order valence-electron chi connectivity index (χ3n) is 6.93. The molecule has 0 unspecified atom stereocenters. The van der Waals surface area contributed by atoms with Gasteiger partial charge in [-0.05, 0) is 19.3 Å². The number of aliphatic carboxylic acids is 2. The molecule has 0 saturated heterocycles. The summed E-state index contributed by atoms with van der Waals surface area (Å²) in [6.07, 6.45) is 23.9. The Morgan fingerprint density at radius 2 is 0.765 bits per heavy atom. The van der Waals surface area contributed by atoms with E-state index in [0.717, 1.165) is 38.5 Å². The second-order valence-corrected chi connectivity index (χ2v) is 9.98. The summed E-state index contributed by atoms with van der Waals surface area (Å²) in [6, 6.07) is 0. The van der Waals surface area contributed by atoms with Crippen LogP contribution in [0.3, 0.4) is 0 Å². The predicted octanol–water partition coefficient (Wildman–Crippen LogP) is 0.493. The fraction of sp³-hybridized carbons (Fsp3) is 0.929. The third kappa shape index (κ3) is 23.3. The SMILES string of the molecule is CCCCCCCCCCCCC(CCCCCCCCCCCC)(CC(=O)[O-])C(=O)[O-].[Na+].[Na+]. The average Bonchev–Trinajstić information content (AvgIpc) is 2.75. The van der Waals surface area contributed by atoms with Crippen LogP contribution in [0.15, 0.2) is 0 Å². The molecule has 0 aromatic heterocycles. The number of rotatable bonds is 25. The minimum atomic E-state index is -1.27. The minimum absolute atomic E-state index is 0. The van der Waals surface area contributed by atoms with E-state index in [2.05, 4.69) is 13.8 Å². The number of hydrogen-bond acceptors (Lipinski definition) is 4. The van der Waals surface area contributed by atoms with Gasteiger partial charge in [0, 0.05) is 17.4 Å². The summed E-state index contributed by atoms with van der Waals surface area (Å²) in [4.78, 5) is 23.2. The van der Waals surface area contributed by atoms with Crippen molar-refractivity contribution >= 4 is 11.9 Å². The van der Waals surface area contributed by atoms with Gasteiger partial charge in [-0.2, -0.15) is 0 Å². The van der Waals surface area contributed by atoms with Crippen LogP contribution in [-0.4, -0.2) is 11.9 Å². The van der Waals surface area contributed by atoms with Gasteiger partial charge in [-0.1, -0.05) is 142 Å². The number of carboxylic acids is 2. The number of hydrogen-bond donors (Lipinski definition) is 0. The molecule has 0 bridgehead atoms. The van der Waals surface area contributed by atoms with Crippen molar-refractivity contribution in [2.24, 2.45) is 5.41 Å². The van der Waals surface area contributed by atoms with Gasteiger partial charge in [0.15, 0.2) is 0 Å². The molecule has 6 heteroatoms. The zero-order valence-corrected chi connectivity index (χ0v) is 27.4. The molecule has 0 aliphatic heterocycles. The Hall–Kier alpha value is 0.940. The Morgan fingerprint density at radius 1 is 0.500 bits per heavy atom. The van der Waals surface area contributed by atoms with Crippen molar-refractivity contribution in [1.82, 2.24) is 0 Å². The average molecular weight is 499 g/mol. The molecule has 0 heterocycles. The standard InChI is InChI=1S/C28H54O4.2Na/c1-3-5-7-9-11-13-15-17-19-21-23-28(27(31)32,25-26(29)30)24-22-20-18-16-14-12-10-8-6-4-2;;/h3-25H2,1-2H3,(H,29,30)(H,31,32);;/q;2*+1/p-2. The summed E-state index contributed by atoms with van der Waals surface area (Å²) < 4.78 is 0. The monoisotopic (exact) mass is 498 g/mol. The number of carboxylic acid groups (broad SMARTS) is 2. The van der Waals surface area contributed by atoms with Crippen LogP contribution in [0.25, 0.3) is 0 Å².